The fraction of sp³-hybridized carbons (Fsp3) is 0.231. The number of amides is 2. The standard InChI is InChI=1S/C26H28N2O4/c1-19-8-3-5-12-23(19)31-17-25(29)27-15-21-10-7-11-22(14-21)16-28-26(30)18-32-24-13-6-4-9-20(24)2/h3-14H,15-18H2,1-2H3,(H,27,29)(H,28,30). The number of aryl methyl sites for hydroxylation is 2. The molecule has 3 aromatic rings. The molecule has 0 aliphatic carbocycles. The first-order valence-corrected chi connectivity index (χ1v) is 10.5. The Morgan fingerprint density at radius 1 is 0.656 bits per heavy atom. The van der Waals surface area contributed by atoms with E-state index in [1.807, 2.05) is 86.6 Å². The second kappa shape index (κ2) is 11.6. The van der Waals surface area contributed by atoms with Gasteiger partial charge in [-0.25, -0.2) is 0 Å². The Hall–Kier alpha value is -3.80. The highest BCUT2D eigenvalue weighted by Gasteiger charge is 2.07. The molecular weight excluding hydrogens is 404 g/mol. The van der Waals surface area contributed by atoms with Gasteiger partial charge in [-0.1, -0.05) is 60.7 Å². The predicted octanol–water partition coefficient (Wildman–Crippen LogP) is 3.69. The van der Waals surface area contributed by atoms with E-state index in [2.05, 4.69) is 10.6 Å². The number of carbonyl (C=O) groups is 2. The fourth-order valence-electron chi connectivity index (χ4n) is 3.08. The molecule has 2 N–H and O–H groups in total. The van der Waals surface area contributed by atoms with E-state index < -0.39 is 0 Å². The van der Waals surface area contributed by atoms with Crippen LogP contribution in [0.15, 0.2) is 72.8 Å². The zero-order valence-electron chi connectivity index (χ0n) is 18.4. The maximum Gasteiger partial charge on any atom is 0.258 e. The molecule has 166 valence electrons. The SMILES string of the molecule is Cc1ccccc1OCC(=O)NCc1cccc(CNC(=O)COc2ccccc2C)c1. The van der Waals surface area contributed by atoms with Gasteiger partial charge in [-0.15, -0.1) is 0 Å². The molecule has 3 rings (SSSR count). The van der Waals surface area contributed by atoms with Crippen LogP contribution in [0.4, 0.5) is 0 Å². The molecule has 0 spiro atoms. The Kier molecular flexibility index (Phi) is 8.26. The normalized spacial score (nSPS) is 10.3. The van der Waals surface area contributed by atoms with Gasteiger partial charge in [0.05, 0.1) is 0 Å². The monoisotopic (exact) mass is 432 g/mol. The first-order valence-electron chi connectivity index (χ1n) is 10.5. The van der Waals surface area contributed by atoms with Gasteiger partial charge in [-0.3, -0.25) is 9.59 Å². The third kappa shape index (κ3) is 7.16. The van der Waals surface area contributed by atoms with Crippen molar-refractivity contribution >= 4 is 11.8 Å². The molecule has 0 saturated heterocycles. The summed E-state index contributed by atoms with van der Waals surface area (Å²) in [7, 11) is 0. The zero-order chi connectivity index (χ0) is 22.8. The highest BCUT2D eigenvalue weighted by molar-refractivity contribution is 5.78. The summed E-state index contributed by atoms with van der Waals surface area (Å²) in [5.41, 5.74) is 3.85. The van der Waals surface area contributed by atoms with Crippen LogP contribution in [0.5, 0.6) is 11.5 Å². The molecule has 0 radical (unpaired) electrons. The molecular formula is C26H28N2O4. The molecule has 32 heavy (non-hydrogen) atoms. The van der Waals surface area contributed by atoms with E-state index in [-0.39, 0.29) is 25.0 Å². The lowest BCUT2D eigenvalue weighted by Gasteiger charge is -2.11. The van der Waals surface area contributed by atoms with Crippen LogP contribution >= 0.6 is 0 Å². The van der Waals surface area contributed by atoms with Crippen molar-refractivity contribution in [2.75, 3.05) is 13.2 Å². The zero-order valence-corrected chi connectivity index (χ0v) is 18.4. The lowest BCUT2D eigenvalue weighted by molar-refractivity contribution is -0.124. The molecule has 0 saturated carbocycles. The largest absolute Gasteiger partial charge is 0.484 e. The fourth-order valence-corrected chi connectivity index (χ4v) is 3.08. The van der Waals surface area contributed by atoms with Crippen LogP contribution in [0.3, 0.4) is 0 Å². The van der Waals surface area contributed by atoms with Crippen molar-refractivity contribution in [1.82, 2.24) is 10.6 Å². The minimum atomic E-state index is -0.194. The minimum absolute atomic E-state index is 0.0402. The molecule has 0 bridgehead atoms. The van der Waals surface area contributed by atoms with Crippen LogP contribution < -0.4 is 20.1 Å². The predicted molar refractivity (Wildman–Crippen MR) is 123 cm³/mol. The number of rotatable bonds is 10. The van der Waals surface area contributed by atoms with Gasteiger partial charge >= 0.3 is 0 Å². The minimum Gasteiger partial charge on any atom is -0.484 e. The smallest absolute Gasteiger partial charge is 0.258 e. The van der Waals surface area contributed by atoms with E-state index in [0.717, 1.165) is 22.3 Å². The van der Waals surface area contributed by atoms with Crippen molar-refractivity contribution in [2.45, 2.75) is 26.9 Å². The summed E-state index contributed by atoms with van der Waals surface area (Å²) in [6.07, 6.45) is 0. The quantitative estimate of drug-likeness (QED) is 0.512. The van der Waals surface area contributed by atoms with Crippen molar-refractivity contribution in [3.8, 4) is 11.5 Å². The van der Waals surface area contributed by atoms with Crippen molar-refractivity contribution in [1.29, 1.82) is 0 Å². The van der Waals surface area contributed by atoms with Gasteiger partial charge in [0.2, 0.25) is 0 Å². The number of carbonyl (C=O) groups excluding carboxylic acids is 2. The molecule has 0 aliphatic heterocycles. The number of ether oxygens (including phenoxy) is 2. The van der Waals surface area contributed by atoms with Crippen LogP contribution in [-0.2, 0) is 22.7 Å². The van der Waals surface area contributed by atoms with Crippen LogP contribution in [0.1, 0.15) is 22.3 Å². The summed E-state index contributed by atoms with van der Waals surface area (Å²) in [4.78, 5) is 24.2. The lowest BCUT2D eigenvalue weighted by atomic mass is 10.1. The third-order valence-electron chi connectivity index (χ3n) is 4.88. The maximum absolute atomic E-state index is 12.1. The van der Waals surface area contributed by atoms with Gasteiger partial charge in [-0.2, -0.15) is 0 Å². The topological polar surface area (TPSA) is 76.7 Å². The van der Waals surface area contributed by atoms with Gasteiger partial charge in [0.1, 0.15) is 11.5 Å². The van der Waals surface area contributed by atoms with Crippen molar-refractivity contribution in [2.24, 2.45) is 0 Å². The number of para-hydroxylation sites is 2. The van der Waals surface area contributed by atoms with Crippen LogP contribution in [-0.4, -0.2) is 25.0 Å². The van der Waals surface area contributed by atoms with E-state index in [1.54, 1.807) is 0 Å². The Labute approximate surface area is 188 Å². The second-order valence-corrected chi connectivity index (χ2v) is 7.48. The summed E-state index contributed by atoms with van der Waals surface area (Å²) < 4.78 is 11.1. The maximum atomic E-state index is 12.1. The molecule has 0 unspecified atom stereocenters. The van der Waals surface area contributed by atoms with Gasteiger partial charge < -0.3 is 20.1 Å². The van der Waals surface area contributed by atoms with Gasteiger partial charge in [0, 0.05) is 13.1 Å². The molecule has 6 heteroatoms. The number of nitrogens with one attached hydrogen (secondary N) is 2. The Morgan fingerprint density at radius 2 is 1.09 bits per heavy atom. The molecule has 0 heterocycles. The average molecular weight is 433 g/mol. The van der Waals surface area contributed by atoms with E-state index in [0.29, 0.717) is 24.6 Å². The molecule has 0 aromatic heterocycles. The Bertz CT molecular complexity index is 984. The van der Waals surface area contributed by atoms with Crippen LogP contribution in [0, 0.1) is 13.8 Å². The van der Waals surface area contributed by atoms with E-state index in [4.69, 9.17) is 9.47 Å². The molecule has 0 atom stereocenters. The third-order valence-corrected chi connectivity index (χ3v) is 4.88. The molecule has 2 amide bonds. The molecule has 0 aliphatic rings. The van der Waals surface area contributed by atoms with Gasteiger partial charge in [0.25, 0.3) is 11.8 Å². The highest BCUT2D eigenvalue weighted by Crippen LogP contribution is 2.16. The first kappa shape index (κ1) is 22.9. The van der Waals surface area contributed by atoms with Gasteiger partial charge in [-0.05, 0) is 48.2 Å². The van der Waals surface area contributed by atoms with E-state index >= 15 is 0 Å². The summed E-state index contributed by atoms with van der Waals surface area (Å²) >= 11 is 0. The first-order chi connectivity index (χ1) is 15.5. The van der Waals surface area contributed by atoms with E-state index in [9.17, 15) is 9.59 Å². The summed E-state index contributed by atoms with van der Waals surface area (Å²) in [5.74, 6) is 1.01. The van der Waals surface area contributed by atoms with Crippen LogP contribution in [0.25, 0.3) is 0 Å². The molecule has 0 fully saturated rings. The second-order valence-electron chi connectivity index (χ2n) is 7.48. The number of hydrogen-bond acceptors (Lipinski definition) is 4. The van der Waals surface area contributed by atoms with Crippen molar-refractivity contribution < 1.29 is 19.1 Å². The summed E-state index contributed by atoms with van der Waals surface area (Å²) in [5, 5.41) is 5.71. The molecule has 3 aromatic carbocycles. The number of benzene rings is 3. The van der Waals surface area contributed by atoms with E-state index in [1.165, 1.54) is 0 Å². The summed E-state index contributed by atoms with van der Waals surface area (Å²) in [6, 6.07) is 22.9. The summed E-state index contributed by atoms with van der Waals surface area (Å²) in [6.45, 7) is 4.56. The van der Waals surface area contributed by atoms with Crippen LogP contribution in [0.2, 0.25) is 0 Å². The number of hydrogen-bond donors (Lipinski definition) is 2. The molecule has 6 nitrogen and oxygen atoms in total. The Balaban J connectivity index is 1.40. The highest BCUT2D eigenvalue weighted by atomic mass is 16.5. The average Bonchev–Trinajstić information content (AvgIpc) is 2.80. The van der Waals surface area contributed by atoms with Crippen molar-refractivity contribution in [3.63, 3.8) is 0 Å². The lowest BCUT2D eigenvalue weighted by Crippen LogP contribution is -2.29. The van der Waals surface area contributed by atoms with Gasteiger partial charge in [0.15, 0.2) is 13.2 Å². The Morgan fingerprint density at radius 3 is 1.53 bits per heavy atom. The van der Waals surface area contributed by atoms with Crippen molar-refractivity contribution in [3.05, 3.63) is 95.1 Å².